The van der Waals surface area contributed by atoms with E-state index in [1.54, 1.807) is 79.7 Å². The summed E-state index contributed by atoms with van der Waals surface area (Å²) >= 11 is 0. The van der Waals surface area contributed by atoms with Crippen LogP contribution in [0.25, 0.3) is 0 Å². The van der Waals surface area contributed by atoms with Crippen LogP contribution in [0.15, 0.2) is 48.5 Å². The van der Waals surface area contributed by atoms with Crippen LogP contribution in [-0.2, 0) is 36.4 Å². The quantitative estimate of drug-likeness (QED) is 0.0966. The summed E-state index contributed by atoms with van der Waals surface area (Å²) in [5.41, 5.74) is 5.21. The molecule has 9 rings (SSSR count). The Hall–Kier alpha value is -3.96. The van der Waals surface area contributed by atoms with Crippen molar-refractivity contribution in [2.75, 3.05) is 0 Å². The lowest BCUT2D eigenvalue weighted by Gasteiger charge is -2.37. The van der Waals surface area contributed by atoms with Gasteiger partial charge in [0.05, 0.1) is 24.4 Å². The van der Waals surface area contributed by atoms with Gasteiger partial charge in [0.25, 0.3) is 0 Å². The van der Waals surface area contributed by atoms with Gasteiger partial charge in [-0.05, 0) is 105 Å². The number of hydrogen-bond acceptors (Lipinski definition) is 16. The Balaban J connectivity index is 1.50. The molecular weight excluding hydrogens is 1000 g/mol. The molecule has 0 saturated heterocycles. The first kappa shape index (κ1) is 52.9. The topological polar surface area (TPSA) is 179 Å². The van der Waals surface area contributed by atoms with Crippen LogP contribution < -0.4 is 36.2 Å². The van der Waals surface area contributed by atoms with Gasteiger partial charge in [-0.25, -0.2) is 18.3 Å². The number of benzene rings is 4. The average molecular weight is 1070 g/mol. The van der Waals surface area contributed by atoms with Crippen molar-refractivity contribution in [3.63, 3.8) is 0 Å². The maximum atomic E-state index is 15.3. The van der Waals surface area contributed by atoms with Gasteiger partial charge in [-0.15, -0.1) is 0 Å². The zero-order valence-electron chi connectivity index (χ0n) is 43.2. The summed E-state index contributed by atoms with van der Waals surface area (Å²) in [7, 11) is -18.4. The monoisotopic (exact) mass is 1070 g/mol. The second-order valence-electron chi connectivity index (χ2n) is 20.2. The first-order valence-corrected chi connectivity index (χ1v) is 31.3. The molecule has 0 unspecified atom stereocenters. The lowest BCUT2D eigenvalue weighted by molar-refractivity contribution is 0.163. The van der Waals surface area contributed by atoms with Crippen molar-refractivity contribution < 1.29 is 72.5 Å². The largest absolute Gasteiger partial charge is 0.587 e. The van der Waals surface area contributed by atoms with Crippen LogP contribution in [0.1, 0.15) is 203 Å². The van der Waals surface area contributed by atoms with Gasteiger partial charge in [0.2, 0.25) is 0 Å². The molecule has 4 aliphatic heterocycles. The summed E-state index contributed by atoms with van der Waals surface area (Å²) in [5, 5.41) is 0. The van der Waals surface area contributed by atoms with Crippen molar-refractivity contribution in [1.29, 1.82) is 0 Å². The summed E-state index contributed by atoms with van der Waals surface area (Å²) in [4.78, 5) is 0. The van der Waals surface area contributed by atoms with E-state index in [-0.39, 0.29) is 46.0 Å². The molecule has 0 fully saturated rings. The molecule has 0 N–H and O–H groups in total. The summed E-state index contributed by atoms with van der Waals surface area (Å²) in [6, 6.07) is 14.3. The molecule has 0 spiro atoms. The van der Waals surface area contributed by atoms with E-state index >= 15 is 18.3 Å². The summed E-state index contributed by atoms with van der Waals surface area (Å²) in [6.45, 7) is 22.0. The number of phosphoric acid groups is 4. The minimum atomic E-state index is -4.61. The molecular formula is C52H68O16P4. The third kappa shape index (κ3) is 10.4. The zero-order valence-corrected chi connectivity index (χ0v) is 46.8. The van der Waals surface area contributed by atoms with Crippen LogP contribution in [0.2, 0.25) is 0 Å². The van der Waals surface area contributed by atoms with Gasteiger partial charge in [-0.3, -0.25) is 18.1 Å². The van der Waals surface area contributed by atoms with Crippen molar-refractivity contribution in [3.8, 4) is 46.0 Å². The molecule has 8 bridgehead atoms. The molecule has 0 amide bonds. The van der Waals surface area contributed by atoms with E-state index in [0.29, 0.717) is 95.9 Å². The molecule has 20 heteroatoms. The van der Waals surface area contributed by atoms with Gasteiger partial charge < -0.3 is 36.2 Å². The summed E-state index contributed by atoms with van der Waals surface area (Å²) in [6.07, 6.45) is 2.49. The number of rotatable bonds is 16. The van der Waals surface area contributed by atoms with Gasteiger partial charge in [0, 0.05) is 92.4 Å². The molecule has 16 nitrogen and oxygen atoms in total. The van der Waals surface area contributed by atoms with Gasteiger partial charge in [-0.1, -0.05) is 53.4 Å². The van der Waals surface area contributed by atoms with Gasteiger partial charge in [0.1, 0.15) is 46.0 Å². The van der Waals surface area contributed by atoms with Crippen molar-refractivity contribution in [3.05, 3.63) is 93.0 Å². The van der Waals surface area contributed by atoms with Crippen molar-refractivity contribution in [2.45, 2.75) is 183 Å². The Kier molecular flexibility index (Phi) is 14.9. The molecule has 72 heavy (non-hydrogen) atoms. The predicted molar refractivity (Wildman–Crippen MR) is 273 cm³/mol. The van der Waals surface area contributed by atoms with Gasteiger partial charge >= 0.3 is 31.3 Å². The average Bonchev–Trinajstić information content (AvgIpc) is 3.24. The fourth-order valence-corrected chi connectivity index (χ4v) is 16.3. The molecule has 392 valence electrons. The summed E-state index contributed by atoms with van der Waals surface area (Å²) in [5.74, 6) is -0.882. The smallest absolute Gasteiger partial charge is 0.395 e. The molecule has 4 aromatic carbocycles. The molecule has 4 aromatic rings. The van der Waals surface area contributed by atoms with Crippen molar-refractivity contribution >= 4 is 31.3 Å². The van der Waals surface area contributed by atoms with Crippen LogP contribution in [0.5, 0.6) is 46.0 Å². The SMILES string of the molecule is CCCC1c2cc3c4cc2OP(=O)(OC(C)C)Oc2cc5c(cc21)C(CCC)c1cc2c(cc1OP(=O)(OC(C)C)O5)OP(=O)(OC(C)C)Oc1cc(c(cc1C2CCC)C3CCC)OP(=O)(OC(C)C)O4. The van der Waals surface area contributed by atoms with Crippen molar-refractivity contribution in [1.82, 2.24) is 0 Å². The molecule has 1 aliphatic carbocycles. The fourth-order valence-electron chi connectivity index (χ4n) is 10.5. The Morgan fingerprint density at radius 1 is 0.319 bits per heavy atom. The van der Waals surface area contributed by atoms with E-state index in [4.69, 9.17) is 54.3 Å². The highest BCUT2D eigenvalue weighted by atomic mass is 31.2. The first-order valence-electron chi connectivity index (χ1n) is 25.5. The number of phosphoric ester groups is 4. The second-order valence-corrected chi connectivity index (χ2v) is 26.1. The van der Waals surface area contributed by atoms with Crippen LogP contribution in [0.4, 0.5) is 0 Å². The molecule has 4 heterocycles. The minimum absolute atomic E-state index is 0.129. The Bertz CT molecular complexity index is 2410. The zero-order chi connectivity index (χ0) is 51.7. The highest BCUT2D eigenvalue weighted by Gasteiger charge is 2.48. The molecule has 5 aliphatic rings. The summed E-state index contributed by atoms with van der Waals surface area (Å²) < 4.78 is 138. The minimum Gasteiger partial charge on any atom is -0.395 e. The standard InChI is InChI=1S/C52H68O16P4/c1-13-17-33-37-21-39-34(18-14-2)41-23-43-36(20-16-4)44-24-42-35(19-15-3)40-22-38(33)46-26-48(40)64-71(55,59-31(9)10)66-50(42)28-52(44)68-72(56,60-32(11)12)67-51(43)27-49(41)65-70(54,58-30(7)8)63-47(39)25-45(37)61-69(53,62-46)57-29(5)6/h21-36H,13-20H2,1-12H3. The highest BCUT2D eigenvalue weighted by Crippen LogP contribution is 2.67. The predicted octanol–water partition coefficient (Wildman–Crippen LogP) is 16.9. The van der Waals surface area contributed by atoms with Gasteiger partial charge in [-0.2, -0.15) is 0 Å². The van der Waals surface area contributed by atoms with Crippen LogP contribution in [0.3, 0.4) is 0 Å². The van der Waals surface area contributed by atoms with Crippen LogP contribution >= 0.6 is 31.3 Å². The van der Waals surface area contributed by atoms with E-state index in [9.17, 15) is 0 Å². The third-order valence-corrected chi connectivity index (χ3v) is 19.0. The molecule has 0 aromatic heterocycles. The van der Waals surface area contributed by atoms with Crippen LogP contribution in [0, 0.1) is 0 Å². The van der Waals surface area contributed by atoms with E-state index in [2.05, 4.69) is 27.7 Å². The Morgan fingerprint density at radius 3 is 0.597 bits per heavy atom. The maximum Gasteiger partial charge on any atom is 0.587 e. The van der Waals surface area contributed by atoms with Crippen LogP contribution in [-0.4, -0.2) is 24.4 Å². The lowest BCUT2D eigenvalue weighted by Crippen LogP contribution is -2.21. The van der Waals surface area contributed by atoms with E-state index in [1.807, 2.05) is 24.3 Å². The third-order valence-electron chi connectivity index (χ3n) is 12.9. The molecule has 0 radical (unpaired) electrons. The Morgan fingerprint density at radius 2 is 0.472 bits per heavy atom. The molecule has 0 atom stereocenters. The maximum absolute atomic E-state index is 15.3. The molecule has 0 saturated carbocycles. The van der Waals surface area contributed by atoms with E-state index < -0.39 is 79.4 Å². The van der Waals surface area contributed by atoms with E-state index in [1.165, 1.54) is 0 Å². The highest BCUT2D eigenvalue weighted by molar-refractivity contribution is 7.50. The Labute approximate surface area is 423 Å². The first-order chi connectivity index (χ1) is 34.1. The van der Waals surface area contributed by atoms with Gasteiger partial charge in [0.15, 0.2) is 0 Å². The van der Waals surface area contributed by atoms with Crippen molar-refractivity contribution in [2.24, 2.45) is 0 Å². The fraction of sp³-hybridized carbons (Fsp3) is 0.538. The lowest BCUT2D eigenvalue weighted by atomic mass is 9.76. The number of hydrogen-bond donors (Lipinski definition) is 0. The van der Waals surface area contributed by atoms with E-state index in [0.717, 1.165) is 0 Å². The normalized spacial score (nSPS) is 27.4. The second kappa shape index (κ2) is 20.3.